The number of halogens is 3. The number of morpholine rings is 1. The van der Waals surface area contributed by atoms with E-state index in [1.807, 2.05) is 0 Å². The second kappa shape index (κ2) is 6.93. The lowest BCUT2D eigenvalue weighted by Crippen LogP contribution is -2.47. The summed E-state index contributed by atoms with van der Waals surface area (Å²) in [4.78, 5) is 2.21. The van der Waals surface area contributed by atoms with Gasteiger partial charge in [-0.15, -0.1) is 0 Å². The molecule has 0 saturated carbocycles. The molecule has 1 heterocycles. The van der Waals surface area contributed by atoms with E-state index in [2.05, 4.69) is 33.1 Å². The third kappa shape index (κ3) is 3.19. The molecule has 6 heteroatoms. The van der Waals surface area contributed by atoms with Gasteiger partial charge in [0.2, 0.25) is 0 Å². The Morgan fingerprint density at radius 2 is 2.25 bits per heavy atom. The fourth-order valence-electron chi connectivity index (χ4n) is 2.56. The van der Waals surface area contributed by atoms with E-state index in [0.29, 0.717) is 13.2 Å². The van der Waals surface area contributed by atoms with Gasteiger partial charge < -0.3 is 10.1 Å². The molecule has 1 N–H and O–H groups in total. The Bertz CT molecular complexity index is 473. The fourth-order valence-corrected chi connectivity index (χ4v) is 2.91. The van der Waals surface area contributed by atoms with E-state index in [9.17, 15) is 8.78 Å². The van der Waals surface area contributed by atoms with Crippen LogP contribution in [0.25, 0.3) is 0 Å². The molecule has 2 rings (SSSR count). The van der Waals surface area contributed by atoms with Crippen LogP contribution in [0.2, 0.25) is 0 Å². The molecule has 0 bridgehead atoms. The van der Waals surface area contributed by atoms with Gasteiger partial charge in [0.15, 0.2) is 0 Å². The largest absolute Gasteiger partial charge is 0.374 e. The molecule has 112 valence electrons. The van der Waals surface area contributed by atoms with Gasteiger partial charge in [-0.25, -0.2) is 8.78 Å². The van der Waals surface area contributed by atoms with Crippen LogP contribution in [0.1, 0.15) is 18.5 Å². The minimum Gasteiger partial charge on any atom is -0.374 e. The van der Waals surface area contributed by atoms with Crippen LogP contribution in [0.5, 0.6) is 0 Å². The number of hydrogen-bond donors (Lipinski definition) is 1. The molecule has 1 aromatic carbocycles. The predicted octanol–water partition coefficient (Wildman–Crippen LogP) is 2.71. The van der Waals surface area contributed by atoms with Crippen LogP contribution in [0.4, 0.5) is 8.78 Å². The van der Waals surface area contributed by atoms with E-state index in [4.69, 9.17) is 4.74 Å². The van der Waals surface area contributed by atoms with Gasteiger partial charge in [0.1, 0.15) is 11.6 Å². The summed E-state index contributed by atoms with van der Waals surface area (Å²) in [6, 6.07) is 2.13. The Labute approximate surface area is 126 Å². The molecule has 1 saturated heterocycles. The number of nitrogens with zero attached hydrogens (tertiary/aromatic N) is 1. The Morgan fingerprint density at radius 1 is 1.50 bits per heavy atom. The third-order valence-corrected chi connectivity index (χ3v) is 4.31. The highest BCUT2D eigenvalue weighted by Crippen LogP contribution is 2.30. The molecule has 20 heavy (non-hydrogen) atoms. The molecule has 0 aliphatic carbocycles. The van der Waals surface area contributed by atoms with Gasteiger partial charge in [-0.3, -0.25) is 4.90 Å². The van der Waals surface area contributed by atoms with Gasteiger partial charge in [0.25, 0.3) is 0 Å². The van der Waals surface area contributed by atoms with Crippen molar-refractivity contribution in [2.45, 2.75) is 19.1 Å². The monoisotopic (exact) mass is 348 g/mol. The number of rotatable bonds is 4. The van der Waals surface area contributed by atoms with E-state index >= 15 is 0 Å². The van der Waals surface area contributed by atoms with Crippen molar-refractivity contribution in [2.24, 2.45) is 0 Å². The van der Waals surface area contributed by atoms with Crippen LogP contribution in [-0.4, -0.2) is 44.3 Å². The maximum atomic E-state index is 14.2. The first-order valence-corrected chi connectivity index (χ1v) is 7.52. The number of hydrogen-bond acceptors (Lipinski definition) is 3. The van der Waals surface area contributed by atoms with Gasteiger partial charge in [-0.2, -0.15) is 0 Å². The van der Waals surface area contributed by atoms with Crippen molar-refractivity contribution < 1.29 is 13.5 Å². The average molecular weight is 349 g/mol. The quantitative estimate of drug-likeness (QED) is 0.846. The molecule has 0 spiro atoms. The van der Waals surface area contributed by atoms with Crippen molar-refractivity contribution in [1.82, 2.24) is 10.2 Å². The lowest BCUT2D eigenvalue weighted by atomic mass is 9.99. The van der Waals surface area contributed by atoms with Gasteiger partial charge >= 0.3 is 0 Å². The van der Waals surface area contributed by atoms with Gasteiger partial charge in [0, 0.05) is 18.7 Å². The minimum atomic E-state index is -0.568. The zero-order chi connectivity index (χ0) is 14.7. The molecular formula is C14H19BrF2N2O. The zero-order valence-electron chi connectivity index (χ0n) is 11.6. The van der Waals surface area contributed by atoms with Gasteiger partial charge in [-0.05, 0) is 41.7 Å². The zero-order valence-corrected chi connectivity index (χ0v) is 13.2. The second-order valence-electron chi connectivity index (χ2n) is 4.83. The van der Waals surface area contributed by atoms with Crippen LogP contribution in [0.3, 0.4) is 0 Å². The van der Waals surface area contributed by atoms with Gasteiger partial charge in [0.05, 0.1) is 23.2 Å². The molecule has 0 aromatic heterocycles. The SMILES string of the molecule is CCN1CCOC(C(NC)c2c(F)ccc(Br)c2F)C1. The van der Waals surface area contributed by atoms with Crippen LogP contribution in [0, 0.1) is 11.6 Å². The number of ether oxygens (including phenoxy) is 1. The molecular weight excluding hydrogens is 330 g/mol. The van der Waals surface area contributed by atoms with E-state index in [-0.39, 0.29) is 16.1 Å². The summed E-state index contributed by atoms with van der Waals surface area (Å²) in [6.45, 7) is 5.06. The lowest BCUT2D eigenvalue weighted by molar-refractivity contribution is -0.0455. The van der Waals surface area contributed by atoms with Crippen LogP contribution in [0.15, 0.2) is 16.6 Å². The molecule has 3 nitrogen and oxygen atoms in total. The standard InChI is InChI=1S/C14H19BrF2N2O/c1-3-19-6-7-20-11(8-19)14(18-2)12-10(16)5-4-9(15)13(12)17/h4-5,11,14,18H,3,6-8H2,1-2H3. The molecule has 1 aliphatic heterocycles. The molecule has 2 unspecified atom stereocenters. The topological polar surface area (TPSA) is 24.5 Å². The van der Waals surface area contributed by atoms with Gasteiger partial charge in [-0.1, -0.05) is 6.92 Å². The average Bonchev–Trinajstić information content (AvgIpc) is 2.47. The fraction of sp³-hybridized carbons (Fsp3) is 0.571. The molecule has 0 amide bonds. The molecule has 2 atom stereocenters. The Morgan fingerprint density at radius 3 is 2.90 bits per heavy atom. The normalized spacial score (nSPS) is 21.9. The lowest BCUT2D eigenvalue weighted by Gasteiger charge is -2.36. The summed E-state index contributed by atoms with van der Waals surface area (Å²) < 4.78 is 34.2. The van der Waals surface area contributed by atoms with Crippen LogP contribution in [-0.2, 0) is 4.74 Å². The van der Waals surface area contributed by atoms with Crippen molar-refractivity contribution in [3.8, 4) is 0 Å². The summed E-state index contributed by atoms with van der Waals surface area (Å²) in [6.07, 6.45) is -0.271. The van der Waals surface area contributed by atoms with Crippen molar-refractivity contribution in [3.05, 3.63) is 33.8 Å². The van der Waals surface area contributed by atoms with E-state index in [1.165, 1.54) is 12.1 Å². The summed E-state index contributed by atoms with van der Waals surface area (Å²) in [5.74, 6) is -1.12. The second-order valence-corrected chi connectivity index (χ2v) is 5.68. The van der Waals surface area contributed by atoms with Crippen molar-refractivity contribution in [2.75, 3.05) is 33.3 Å². The first kappa shape index (κ1) is 15.8. The Hall–Kier alpha value is -0.560. The molecule has 0 radical (unpaired) electrons. The molecule has 1 fully saturated rings. The highest BCUT2D eigenvalue weighted by atomic mass is 79.9. The summed E-state index contributed by atoms with van der Waals surface area (Å²) >= 11 is 3.11. The Kier molecular flexibility index (Phi) is 5.49. The summed E-state index contributed by atoms with van der Waals surface area (Å²) in [5.41, 5.74) is 0.0322. The Balaban J connectivity index is 2.30. The molecule has 1 aromatic rings. The maximum absolute atomic E-state index is 14.2. The van der Waals surface area contributed by atoms with Crippen LogP contribution < -0.4 is 5.32 Å². The first-order chi connectivity index (χ1) is 9.58. The van der Waals surface area contributed by atoms with Crippen molar-refractivity contribution in [3.63, 3.8) is 0 Å². The highest BCUT2D eigenvalue weighted by molar-refractivity contribution is 9.10. The summed E-state index contributed by atoms with van der Waals surface area (Å²) in [7, 11) is 1.69. The van der Waals surface area contributed by atoms with E-state index < -0.39 is 17.7 Å². The highest BCUT2D eigenvalue weighted by Gasteiger charge is 2.32. The van der Waals surface area contributed by atoms with Crippen molar-refractivity contribution >= 4 is 15.9 Å². The minimum absolute atomic E-state index is 0.0322. The smallest absolute Gasteiger partial charge is 0.145 e. The number of benzene rings is 1. The first-order valence-electron chi connectivity index (χ1n) is 6.73. The number of likely N-dealkylation sites (N-methyl/N-ethyl adjacent to an activating group) is 2. The van der Waals surface area contributed by atoms with Crippen LogP contribution >= 0.6 is 15.9 Å². The molecule has 1 aliphatic rings. The maximum Gasteiger partial charge on any atom is 0.145 e. The van der Waals surface area contributed by atoms with E-state index in [1.54, 1.807) is 7.05 Å². The van der Waals surface area contributed by atoms with E-state index in [0.717, 1.165) is 13.1 Å². The summed E-state index contributed by atoms with van der Waals surface area (Å²) in [5, 5.41) is 2.99. The number of nitrogens with one attached hydrogen (secondary N) is 1. The third-order valence-electron chi connectivity index (χ3n) is 3.70. The predicted molar refractivity (Wildman–Crippen MR) is 77.7 cm³/mol. The van der Waals surface area contributed by atoms with Crippen molar-refractivity contribution in [1.29, 1.82) is 0 Å².